The Labute approximate surface area is 140 Å². The minimum Gasteiger partial charge on any atom is -0.452 e. The summed E-state index contributed by atoms with van der Waals surface area (Å²) in [6.07, 6.45) is 1.05. The van der Waals surface area contributed by atoms with Crippen molar-refractivity contribution in [1.29, 1.82) is 0 Å². The van der Waals surface area contributed by atoms with Crippen LogP contribution in [0.2, 0.25) is 0 Å². The SMILES string of the molecule is CC[C@@H](C)c1ccc(NC(=O)COC(=O)c2ccc(F)cc2)cc1. The molecule has 0 aromatic heterocycles. The first-order chi connectivity index (χ1) is 11.5. The van der Waals surface area contributed by atoms with E-state index in [9.17, 15) is 14.0 Å². The summed E-state index contributed by atoms with van der Waals surface area (Å²) < 4.78 is 17.7. The highest BCUT2D eigenvalue weighted by Crippen LogP contribution is 2.20. The molecule has 2 rings (SSSR count). The lowest BCUT2D eigenvalue weighted by atomic mass is 9.99. The Hall–Kier alpha value is -2.69. The summed E-state index contributed by atoms with van der Waals surface area (Å²) in [6, 6.07) is 12.5. The van der Waals surface area contributed by atoms with Gasteiger partial charge in [0.05, 0.1) is 5.56 Å². The van der Waals surface area contributed by atoms with Gasteiger partial charge in [0.25, 0.3) is 5.91 Å². The third kappa shape index (κ3) is 4.91. The van der Waals surface area contributed by atoms with Gasteiger partial charge in [0, 0.05) is 5.69 Å². The minimum absolute atomic E-state index is 0.196. The first-order valence-corrected chi connectivity index (χ1v) is 7.82. The second-order valence-corrected chi connectivity index (χ2v) is 5.56. The normalized spacial score (nSPS) is 11.6. The van der Waals surface area contributed by atoms with Gasteiger partial charge in [0.1, 0.15) is 5.82 Å². The second kappa shape index (κ2) is 8.24. The molecule has 0 aliphatic carbocycles. The summed E-state index contributed by atoms with van der Waals surface area (Å²) in [4.78, 5) is 23.6. The molecule has 2 aromatic carbocycles. The molecule has 0 aliphatic heterocycles. The fraction of sp³-hybridized carbons (Fsp3) is 0.263. The van der Waals surface area contributed by atoms with Crippen molar-refractivity contribution in [3.05, 3.63) is 65.5 Å². The summed E-state index contributed by atoms with van der Waals surface area (Å²) in [5.41, 5.74) is 2.05. The maximum Gasteiger partial charge on any atom is 0.338 e. The van der Waals surface area contributed by atoms with Crippen LogP contribution in [0.3, 0.4) is 0 Å². The Morgan fingerprint density at radius 2 is 1.71 bits per heavy atom. The van der Waals surface area contributed by atoms with E-state index in [1.807, 2.05) is 24.3 Å². The van der Waals surface area contributed by atoms with E-state index in [0.29, 0.717) is 11.6 Å². The predicted octanol–water partition coefficient (Wildman–Crippen LogP) is 4.13. The highest BCUT2D eigenvalue weighted by Gasteiger charge is 2.11. The molecule has 1 amide bonds. The van der Waals surface area contributed by atoms with Crippen LogP contribution >= 0.6 is 0 Å². The third-order valence-corrected chi connectivity index (χ3v) is 3.79. The standard InChI is InChI=1S/C19H20FNO3/c1-3-13(2)14-6-10-17(11-7-14)21-18(22)12-24-19(23)15-4-8-16(20)9-5-15/h4-11,13H,3,12H2,1-2H3,(H,21,22)/t13-/m1/s1. The number of carbonyl (C=O) groups excluding carboxylic acids is 2. The van der Waals surface area contributed by atoms with Gasteiger partial charge in [0.2, 0.25) is 0 Å². The number of hydrogen-bond acceptors (Lipinski definition) is 3. The molecule has 1 atom stereocenters. The summed E-state index contributed by atoms with van der Waals surface area (Å²) in [5, 5.41) is 2.67. The number of carbonyl (C=O) groups is 2. The molecule has 126 valence electrons. The Bertz CT molecular complexity index is 696. The molecule has 0 fully saturated rings. The summed E-state index contributed by atoms with van der Waals surface area (Å²) in [6.45, 7) is 3.86. The van der Waals surface area contributed by atoms with Crippen LogP contribution in [0.25, 0.3) is 0 Å². The highest BCUT2D eigenvalue weighted by molar-refractivity contribution is 5.95. The number of hydrogen-bond donors (Lipinski definition) is 1. The quantitative estimate of drug-likeness (QED) is 0.811. The monoisotopic (exact) mass is 329 g/mol. The smallest absolute Gasteiger partial charge is 0.338 e. The molecule has 0 saturated heterocycles. The Kier molecular flexibility index (Phi) is 6.07. The second-order valence-electron chi connectivity index (χ2n) is 5.56. The number of amides is 1. The van der Waals surface area contributed by atoms with Crippen LogP contribution in [-0.4, -0.2) is 18.5 Å². The highest BCUT2D eigenvalue weighted by atomic mass is 19.1. The topological polar surface area (TPSA) is 55.4 Å². The van der Waals surface area contributed by atoms with E-state index in [2.05, 4.69) is 19.2 Å². The van der Waals surface area contributed by atoms with E-state index in [0.717, 1.165) is 18.6 Å². The first-order valence-electron chi connectivity index (χ1n) is 7.82. The zero-order chi connectivity index (χ0) is 17.5. The molecule has 5 heteroatoms. The largest absolute Gasteiger partial charge is 0.452 e. The lowest BCUT2D eigenvalue weighted by Gasteiger charge is -2.10. The summed E-state index contributed by atoms with van der Waals surface area (Å²) >= 11 is 0. The van der Waals surface area contributed by atoms with Gasteiger partial charge in [-0.2, -0.15) is 0 Å². The van der Waals surface area contributed by atoms with Crippen molar-refractivity contribution in [2.75, 3.05) is 11.9 Å². The van der Waals surface area contributed by atoms with Crippen LogP contribution in [0.5, 0.6) is 0 Å². The van der Waals surface area contributed by atoms with Crippen LogP contribution < -0.4 is 5.32 Å². The maximum atomic E-state index is 12.8. The fourth-order valence-corrected chi connectivity index (χ4v) is 2.13. The van der Waals surface area contributed by atoms with E-state index in [1.165, 1.54) is 17.7 Å². The Balaban J connectivity index is 1.84. The molecule has 2 aromatic rings. The van der Waals surface area contributed by atoms with Gasteiger partial charge < -0.3 is 10.1 Å². The molecule has 0 bridgehead atoms. The van der Waals surface area contributed by atoms with Crippen molar-refractivity contribution in [1.82, 2.24) is 0 Å². The van der Waals surface area contributed by atoms with Crippen molar-refractivity contribution >= 4 is 17.6 Å². The Morgan fingerprint density at radius 3 is 2.29 bits per heavy atom. The molecule has 0 spiro atoms. The molecule has 0 unspecified atom stereocenters. The van der Waals surface area contributed by atoms with E-state index in [4.69, 9.17) is 4.74 Å². The molecule has 0 saturated carbocycles. The molecule has 4 nitrogen and oxygen atoms in total. The van der Waals surface area contributed by atoms with E-state index in [1.54, 1.807) is 0 Å². The number of halogens is 1. The minimum atomic E-state index is -0.669. The first kappa shape index (κ1) is 17.7. The van der Waals surface area contributed by atoms with Gasteiger partial charge >= 0.3 is 5.97 Å². The molecule has 0 aliphatic rings. The van der Waals surface area contributed by atoms with Crippen LogP contribution in [0.1, 0.15) is 42.1 Å². The number of ether oxygens (including phenoxy) is 1. The average molecular weight is 329 g/mol. The molecular weight excluding hydrogens is 309 g/mol. The van der Waals surface area contributed by atoms with Crippen molar-refractivity contribution in [3.63, 3.8) is 0 Å². The van der Waals surface area contributed by atoms with E-state index in [-0.39, 0.29) is 5.56 Å². The van der Waals surface area contributed by atoms with Crippen molar-refractivity contribution in [3.8, 4) is 0 Å². The summed E-state index contributed by atoms with van der Waals surface area (Å²) in [7, 11) is 0. The van der Waals surface area contributed by atoms with Gasteiger partial charge in [-0.05, 0) is 54.3 Å². The van der Waals surface area contributed by atoms with Crippen LogP contribution in [-0.2, 0) is 9.53 Å². The van der Waals surface area contributed by atoms with Crippen molar-refractivity contribution in [2.24, 2.45) is 0 Å². The molecule has 24 heavy (non-hydrogen) atoms. The van der Waals surface area contributed by atoms with Crippen molar-refractivity contribution in [2.45, 2.75) is 26.2 Å². The zero-order valence-corrected chi connectivity index (χ0v) is 13.7. The van der Waals surface area contributed by atoms with Crippen molar-refractivity contribution < 1.29 is 18.7 Å². The van der Waals surface area contributed by atoms with Gasteiger partial charge in [-0.25, -0.2) is 9.18 Å². The number of rotatable bonds is 6. The zero-order valence-electron chi connectivity index (χ0n) is 13.7. The fourth-order valence-electron chi connectivity index (χ4n) is 2.13. The van der Waals surface area contributed by atoms with Crippen LogP contribution in [0.4, 0.5) is 10.1 Å². The average Bonchev–Trinajstić information content (AvgIpc) is 2.60. The number of esters is 1. The number of benzene rings is 2. The third-order valence-electron chi connectivity index (χ3n) is 3.79. The number of nitrogens with one attached hydrogen (secondary N) is 1. The van der Waals surface area contributed by atoms with E-state index >= 15 is 0 Å². The lowest BCUT2D eigenvalue weighted by Crippen LogP contribution is -2.20. The van der Waals surface area contributed by atoms with Gasteiger partial charge in [-0.1, -0.05) is 26.0 Å². The van der Waals surface area contributed by atoms with Gasteiger partial charge in [0.15, 0.2) is 6.61 Å². The maximum absolute atomic E-state index is 12.8. The Morgan fingerprint density at radius 1 is 1.08 bits per heavy atom. The van der Waals surface area contributed by atoms with Gasteiger partial charge in [-0.3, -0.25) is 4.79 Å². The van der Waals surface area contributed by atoms with E-state index < -0.39 is 24.3 Å². The van der Waals surface area contributed by atoms with Gasteiger partial charge in [-0.15, -0.1) is 0 Å². The number of anilines is 1. The lowest BCUT2D eigenvalue weighted by molar-refractivity contribution is -0.119. The summed E-state index contributed by atoms with van der Waals surface area (Å²) in [5.74, 6) is -1.07. The molecule has 1 N–H and O–H groups in total. The predicted molar refractivity (Wildman–Crippen MR) is 90.5 cm³/mol. The molecular formula is C19H20FNO3. The molecule has 0 heterocycles. The van der Waals surface area contributed by atoms with Crippen LogP contribution in [0, 0.1) is 5.82 Å². The molecule has 0 radical (unpaired) electrons. The van der Waals surface area contributed by atoms with Crippen LogP contribution in [0.15, 0.2) is 48.5 Å².